The van der Waals surface area contributed by atoms with E-state index in [0.29, 0.717) is 0 Å². The van der Waals surface area contributed by atoms with Crippen molar-refractivity contribution in [3.8, 4) is 0 Å². The molecule has 0 radical (unpaired) electrons. The minimum atomic E-state index is -4.41. The van der Waals surface area contributed by atoms with Crippen molar-refractivity contribution >= 4 is 16.5 Å². The first-order chi connectivity index (χ1) is 7.36. The number of anilines is 1. The number of hydrogen-bond acceptors (Lipinski definition) is 4. The molecule has 0 aliphatic rings. The number of rotatable bonds is 4. The van der Waals surface area contributed by atoms with Crippen LogP contribution in [0, 0.1) is 0 Å². The van der Waals surface area contributed by atoms with E-state index in [2.05, 4.69) is 4.98 Å². The van der Waals surface area contributed by atoms with E-state index in [0.717, 1.165) is 16.7 Å². The molecule has 1 N–H and O–H groups in total. The van der Waals surface area contributed by atoms with Crippen molar-refractivity contribution in [2.45, 2.75) is 26.1 Å². The second-order valence-electron chi connectivity index (χ2n) is 3.52. The minimum absolute atomic E-state index is 0.000571. The van der Waals surface area contributed by atoms with Gasteiger partial charge in [0.25, 0.3) is 0 Å². The van der Waals surface area contributed by atoms with Gasteiger partial charge < -0.3 is 10.0 Å². The van der Waals surface area contributed by atoms with E-state index >= 15 is 0 Å². The predicted molar refractivity (Wildman–Crippen MR) is 56.7 cm³/mol. The lowest BCUT2D eigenvalue weighted by Gasteiger charge is -2.24. The number of alkyl halides is 3. The van der Waals surface area contributed by atoms with Crippen molar-refractivity contribution < 1.29 is 18.3 Å². The first-order valence-electron chi connectivity index (χ1n) is 4.76. The minimum Gasteiger partial charge on any atom is -0.395 e. The molecule has 3 nitrogen and oxygen atoms in total. The van der Waals surface area contributed by atoms with Gasteiger partial charge in [-0.25, -0.2) is 4.98 Å². The molecule has 0 aromatic carbocycles. The van der Waals surface area contributed by atoms with Crippen molar-refractivity contribution in [3.63, 3.8) is 0 Å². The Morgan fingerprint density at radius 1 is 1.50 bits per heavy atom. The maximum Gasteiger partial charge on any atom is 0.434 e. The Hall–Kier alpha value is -0.820. The topological polar surface area (TPSA) is 36.4 Å². The first-order valence-corrected chi connectivity index (χ1v) is 5.64. The molecule has 0 spiro atoms. The van der Waals surface area contributed by atoms with E-state index in [4.69, 9.17) is 5.11 Å². The van der Waals surface area contributed by atoms with Crippen LogP contribution in [0.3, 0.4) is 0 Å². The zero-order chi connectivity index (χ0) is 12.3. The van der Waals surface area contributed by atoms with Crippen molar-refractivity contribution in [2.75, 3.05) is 18.1 Å². The van der Waals surface area contributed by atoms with Gasteiger partial charge in [-0.15, -0.1) is 11.3 Å². The molecular formula is C9H13F3N2OS. The standard InChI is InChI=1S/C9H13F3N2OS/c1-6(2)14(3-4-15)8-13-7(5-16-8)9(10,11)12/h5-6,15H,3-4H2,1-2H3. The van der Waals surface area contributed by atoms with E-state index in [1.165, 1.54) is 0 Å². The summed E-state index contributed by atoms with van der Waals surface area (Å²) in [7, 11) is 0. The summed E-state index contributed by atoms with van der Waals surface area (Å²) in [5, 5.41) is 10.1. The Bertz CT molecular complexity index is 338. The molecule has 16 heavy (non-hydrogen) atoms. The highest BCUT2D eigenvalue weighted by Crippen LogP contribution is 2.33. The maximum atomic E-state index is 12.3. The van der Waals surface area contributed by atoms with E-state index in [1.807, 2.05) is 13.8 Å². The summed E-state index contributed by atoms with van der Waals surface area (Å²) in [6, 6.07) is -0.000571. The second-order valence-corrected chi connectivity index (χ2v) is 4.36. The van der Waals surface area contributed by atoms with Crippen LogP contribution in [0.1, 0.15) is 19.5 Å². The predicted octanol–water partition coefficient (Wildman–Crippen LogP) is 2.37. The molecule has 0 amide bonds. The normalized spacial score (nSPS) is 12.2. The molecule has 0 fully saturated rings. The van der Waals surface area contributed by atoms with Crippen molar-refractivity contribution in [1.82, 2.24) is 4.98 Å². The molecule has 1 aromatic rings. The lowest BCUT2D eigenvalue weighted by Crippen LogP contribution is -2.33. The van der Waals surface area contributed by atoms with Gasteiger partial charge in [0.05, 0.1) is 6.61 Å². The summed E-state index contributed by atoms with van der Waals surface area (Å²) in [5.74, 6) is 0. The van der Waals surface area contributed by atoms with Gasteiger partial charge in [-0.05, 0) is 13.8 Å². The van der Waals surface area contributed by atoms with Gasteiger partial charge in [-0.2, -0.15) is 13.2 Å². The van der Waals surface area contributed by atoms with Crippen LogP contribution >= 0.6 is 11.3 Å². The Labute approximate surface area is 95.5 Å². The van der Waals surface area contributed by atoms with Crippen LogP contribution in [0.2, 0.25) is 0 Å². The molecule has 0 aliphatic heterocycles. The SMILES string of the molecule is CC(C)N(CCO)c1nc(C(F)(F)F)cs1. The number of thiazole rings is 1. The third-order valence-corrected chi connectivity index (χ3v) is 2.87. The monoisotopic (exact) mass is 254 g/mol. The molecule has 0 saturated heterocycles. The highest BCUT2D eigenvalue weighted by Gasteiger charge is 2.34. The van der Waals surface area contributed by atoms with Gasteiger partial charge in [-0.3, -0.25) is 0 Å². The number of halogens is 3. The molecule has 0 atom stereocenters. The van der Waals surface area contributed by atoms with E-state index in [9.17, 15) is 13.2 Å². The van der Waals surface area contributed by atoms with Crippen LogP contribution in [0.4, 0.5) is 18.3 Å². The number of hydrogen-bond donors (Lipinski definition) is 1. The van der Waals surface area contributed by atoms with Crippen molar-refractivity contribution in [2.24, 2.45) is 0 Å². The summed E-state index contributed by atoms with van der Waals surface area (Å²) >= 11 is 0.937. The molecule has 0 bridgehead atoms. The van der Waals surface area contributed by atoms with E-state index in [1.54, 1.807) is 4.90 Å². The Morgan fingerprint density at radius 2 is 2.12 bits per heavy atom. The first kappa shape index (κ1) is 13.2. The quantitative estimate of drug-likeness (QED) is 0.896. The van der Waals surface area contributed by atoms with Crippen LogP contribution < -0.4 is 4.90 Å². The molecule has 7 heteroatoms. The molecule has 0 unspecified atom stereocenters. The van der Waals surface area contributed by atoms with Crippen LogP contribution in [0.25, 0.3) is 0 Å². The summed E-state index contributed by atoms with van der Waals surface area (Å²) in [6.07, 6.45) is -4.41. The van der Waals surface area contributed by atoms with Gasteiger partial charge in [0.1, 0.15) is 0 Å². The summed E-state index contributed by atoms with van der Waals surface area (Å²) in [6.45, 7) is 3.84. The largest absolute Gasteiger partial charge is 0.434 e. The smallest absolute Gasteiger partial charge is 0.395 e. The third-order valence-electron chi connectivity index (χ3n) is 1.99. The molecule has 1 heterocycles. The lowest BCUT2D eigenvalue weighted by molar-refractivity contribution is -0.140. The molecule has 92 valence electrons. The average molecular weight is 254 g/mol. The summed E-state index contributed by atoms with van der Waals surface area (Å²) in [4.78, 5) is 5.17. The zero-order valence-electron chi connectivity index (χ0n) is 8.95. The van der Waals surface area contributed by atoms with Crippen LogP contribution in [-0.4, -0.2) is 29.3 Å². The zero-order valence-corrected chi connectivity index (χ0v) is 9.77. The molecule has 0 saturated carbocycles. The van der Waals surface area contributed by atoms with Gasteiger partial charge in [-0.1, -0.05) is 0 Å². The fourth-order valence-electron chi connectivity index (χ4n) is 1.21. The van der Waals surface area contributed by atoms with E-state index < -0.39 is 11.9 Å². The van der Waals surface area contributed by atoms with E-state index in [-0.39, 0.29) is 24.3 Å². The number of aliphatic hydroxyl groups is 1. The highest BCUT2D eigenvalue weighted by atomic mass is 32.1. The molecule has 1 aromatic heterocycles. The average Bonchev–Trinajstić information content (AvgIpc) is 2.61. The number of aromatic nitrogens is 1. The van der Waals surface area contributed by atoms with Crippen LogP contribution in [-0.2, 0) is 6.18 Å². The number of aliphatic hydroxyl groups excluding tert-OH is 1. The maximum absolute atomic E-state index is 12.3. The van der Waals surface area contributed by atoms with Crippen molar-refractivity contribution in [1.29, 1.82) is 0 Å². The Balaban J connectivity index is 2.90. The van der Waals surface area contributed by atoms with Gasteiger partial charge in [0, 0.05) is 18.0 Å². The lowest BCUT2D eigenvalue weighted by atomic mass is 10.3. The van der Waals surface area contributed by atoms with Crippen LogP contribution in [0.15, 0.2) is 5.38 Å². The molecule has 1 rings (SSSR count). The molecular weight excluding hydrogens is 241 g/mol. The van der Waals surface area contributed by atoms with Crippen LogP contribution in [0.5, 0.6) is 0 Å². The van der Waals surface area contributed by atoms with Crippen molar-refractivity contribution in [3.05, 3.63) is 11.1 Å². The fraction of sp³-hybridized carbons (Fsp3) is 0.667. The summed E-state index contributed by atoms with van der Waals surface area (Å²) in [5.41, 5.74) is -0.879. The Morgan fingerprint density at radius 3 is 2.50 bits per heavy atom. The van der Waals surface area contributed by atoms with Gasteiger partial charge >= 0.3 is 6.18 Å². The molecule has 0 aliphatic carbocycles. The van der Waals surface area contributed by atoms with Gasteiger partial charge in [0.2, 0.25) is 0 Å². The van der Waals surface area contributed by atoms with Gasteiger partial charge in [0.15, 0.2) is 10.8 Å². The summed E-state index contributed by atoms with van der Waals surface area (Å²) < 4.78 is 37.0. The number of nitrogens with zero attached hydrogens (tertiary/aromatic N) is 2. The highest BCUT2D eigenvalue weighted by molar-refractivity contribution is 7.13. The second kappa shape index (κ2) is 5.01. The third kappa shape index (κ3) is 3.08. The fourth-order valence-corrected chi connectivity index (χ4v) is 2.20. The Kier molecular flexibility index (Phi) is 4.15.